The van der Waals surface area contributed by atoms with Gasteiger partial charge in [0, 0.05) is 13.0 Å². The van der Waals surface area contributed by atoms with Crippen molar-refractivity contribution in [3.05, 3.63) is 59.9 Å². The molecule has 0 unspecified atom stereocenters. The summed E-state index contributed by atoms with van der Waals surface area (Å²) in [6.07, 6.45) is 4.50. The van der Waals surface area contributed by atoms with Gasteiger partial charge in [-0.25, -0.2) is 4.98 Å². The number of aryl methyl sites for hydroxylation is 1. The number of likely N-dealkylation sites (tertiary alicyclic amines) is 1. The van der Waals surface area contributed by atoms with Crippen molar-refractivity contribution in [1.82, 2.24) is 19.8 Å². The van der Waals surface area contributed by atoms with Crippen LogP contribution in [0.5, 0.6) is 5.75 Å². The molecule has 1 amide bonds. The predicted molar refractivity (Wildman–Crippen MR) is 123 cm³/mol. The minimum absolute atomic E-state index is 0.0216. The van der Waals surface area contributed by atoms with Gasteiger partial charge in [0.2, 0.25) is 5.91 Å². The van der Waals surface area contributed by atoms with Crippen LogP contribution in [0.15, 0.2) is 48.5 Å². The summed E-state index contributed by atoms with van der Waals surface area (Å²) in [4.78, 5) is 20.1. The van der Waals surface area contributed by atoms with Gasteiger partial charge in [0.25, 0.3) is 0 Å². The SMILES string of the molecule is CCc1nc2ccccc2n1CC(=O)NC[C@@H](c1ccc(OC)cc1)N1CCCCC1. The Hall–Kier alpha value is -2.86. The van der Waals surface area contributed by atoms with Gasteiger partial charge in [-0.1, -0.05) is 37.6 Å². The highest BCUT2D eigenvalue weighted by Crippen LogP contribution is 2.26. The Bertz CT molecular complexity index is 1010. The van der Waals surface area contributed by atoms with E-state index in [1.807, 2.05) is 41.0 Å². The fourth-order valence-electron chi connectivity index (χ4n) is 4.50. The number of para-hydroxylation sites is 2. The lowest BCUT2D eigenvalue weighted by molar-refractivity contribution is -0.121. The largest absolute Gasteiger partial charge is 0.497 e. The third kappa shape index (κ3) is 4.90. The number of benzene rings is 2. The van der Waals surface area contributed by atoms with Crippen LogP contribution in [-0.2, 0) is 17.8 Å². The van der Waals surface area contributed by atoms with E-state index < -0.39 is 0 Å². The quantitative estimate of drug-likeness (QED) is 0.599. The second-order valence-electron chi connectivity index (χ2n) is 8.15. The molecule has 1 N–H and O–H groups in total. The first-order valence-electron chi connectivity index (χ1n) is 11.3. The molecule has 0 bridgehead atoms. The van der Waals surface area contributed by atoms with E-state index in [-0.39, 0.29) is 11.9 Å². The van der Waals surface area contributed by atoms with Crippen molar-refractivity contribution >= 4 is 16.9 Å². The molecule has 0 aliphatic carbocycles. The number of piperidine rings is 1. The summed E-state index contributed by atoms with van der Waals surface area (Å²) in [6, 6.07) is 16.4. The maximum atomic E-state index is 12.9. The van der Waals surface area contributed by atoms with Crippen LogP contribution < -0.4 is 10.1 Å². The molecule has 6 heteroatoms. The molecule has 31 heavy (non-hydrogen) atoms. The molecule has 0 radical (unpaired) electrons. The lowest BCUT2D eigenvalue weighted by atomic mass is 10.0. The van der Waals surface area contributed by atoms with Crippen molar-refractivity contribution in [2.45, 2.75) is 45.2 Å². The number of aromatic nitrogens is 2. The maximum Gasteiger partial charge on any atom is 0.240 e. The Labute approximate surface area is 184 Å². The molecule has 1 atom stereocenters. The number of hydrogen-bond acceptors (Lipinski definition) is 4. The molecule has 164 valence electrons. The lowest BCUT2D eigenvalue weighted by Gasteiger charge is -2.35. The van der Waals surface area contributed by atoms with Gasteiger partial charge in [-0.15, -0.1) is 0 Å². The minimum Gasteiger partial charge on any atom is -0.497 e. The third-order valence-electron chi connectivity index (χ3n) is 6.18. The average molecular weight is 421 g/mol. The Kier molecular flexibility index (Phi) is 6.87. The number of amides is 1. The second-order valence-corrected chi connectivity index (χ2v) is 8.15. The molecule has 1 fully saturated rings. The average Bonchev–Trinajstić information content (AvgIpc) is 3.18. The van der Waals surface area contributed by atoms with E-state index in [9.17, 15) is 4.79 Å². The third-order valence-corrected chi connectivity index (χ3v) is 6.18. The second kappa shape index (κ2) is 9.96. The van der Waals surface area contributed by atoms with Gasteiger partial charge < -0.3 is 14.6 Å². The molecule has 2 aromatic carbocycles. The number of ether oxygens (including phenoxy) is 1. The number of hydrogen-bond donors (Lipinski definition) is 1. The molecule has 6 nitrogen and oxygen atoms in total. The highest BCUT2D eigenvalue weighted by atomic mass is 16.5. The topological polar surface area (TPSA) is 59.4 Å². The van der Waals surface area contributed by atoms with Crippen LogP contribution in [0.4, 0.5) is 0 Å². The fourth-order valence-corrected chi connectivity index (χ4v) is 4.50. The maximum absolute atomic E-state index is 12.9. The van der Waals surface area contributed by atoms with Crippen LogP contribution in [0.25, 0.3) is 11.0 Å². The summed E-state index contributed by atoms with van der Waals surface area (Å²) < 4.78 is 7.35. The highest BCUT2D eigenvalue weighted by Gasteiger charge is 2.23. The van der Waals surface area contributed by atoms with Crippen molar-refractivity contribution in [3.63, 3.8) is 0 Å². The summed E-state index contributed by atoms with van der Waals surface area (Å²) in [5, 5.41) is 3.20. The smallest absolute Gasteiger partial charge is 0.240 e. The molecule has 0 saturated carbocycles. The normalized spacial score (nSPS) is 15.7. The predicted octanol–water partition coefficient (Wildman–Crippen LogP) is 3.95. The van der Waals surface area contributed by atoms with Crippen molar-refractivity contribution in [2.75, 3.05) is 26.7 Å². The molecule has 0 spiro atoms. The summed E-state index contributed by atoms with van der Waals surface area (Å²) in [7, 11) is 1.68. The van der Waals surface area contributed by atoms with E-state index in [1.54, 1.807) is 7.11 Å². The van der Waals surface area contributed by atoms with Crippen LogP contribution in [0.3, 0.4) is 0 Å². The van der Waals surface area contributed by atoms with Crippen LogP contribution in [0, 0.1) is 0 Å². The van der Waals surface area contributed by atoms with Crippen LogP contribution in [0.2, 0.25) is 0 Å². The summed E-state index contributed by atoms with van der Waals surface area (Å²) in [6.45, 7) is 5.10. The molecule has 1 aliphatic heterocycles. The van der Waals surface area contributed by atoms with Gasteiger partial charge in [0.05, 0.1) is 24.2 Å². The molecule has 2 heterocycles. The Morgan fingerprint density at radius 1 is 1.10 bits per heavy atom. The number of rotatable bonds is 8. The number of fused-ring (bicyclic) bond motifs is 1. The van der Waals surface area contributed by atoms with Crippen molar-refractivity contribution < 1.29 is 9.53 Å². The van der Waals surface area contributed by atoms with Crippen molar-refractivity contribution in [3.8, 4) is 5.75 Å². The molecule has 1 aromatic heterocycles. The Balaban J connectivity index is 1.48. The van der Waals surface area contributed by atoms with Crippen LogP contribution in [0.1, 0.15) is 43.6 Å². The van der Waals surface area contributed by atoms with E-state index in [4.69, 9.17) is 4.74 Å². The monoisotopic (exact) mass is 420 g/mol. The van der Waals surface area contributed by atoms with Crippen LogP contribution in [-0.4, -0.2) is 47.1 Å². The van der Waals surface area contributed by atoms with E-state index in [0.717, 1.165) is 42.1 Å². The number of imidazole rings is 1. The van der Waals surface area contributed by atoms with Crippen LogP contribution >= 0.6 is 0 Å². The van der Waals surface area contributed by atoms with E-state index in [2.05, 4.69) is 34.3 Å². The van der Waals surface area contributed by atoms with Gasteiger partial charge in [-0.2, -0.15) is 0 Å². The lowest BCUT2D eigenvalue weighted by Crippen LogP contribution is -2.41. The number of nitrogens with zero attached hydrogens (tertiary/aromatic N) is 3. The van der Waals surface area contributed by atoms with Crippen molar-refractivity contribution in [2.24, 2.45) is 0 Å². The molecular weight excluding hydrogens is 388 g/mol. The highest BCUT2D eigenvalue weighted by molar-refractivity contribution is 5.81. The number of carbonyl (C=O) groups excluding carboxylic acids is 1. The first-order chi connectivity index (χ1) is 15.2. The van der Waals surface area contributed by atoms with Gasteiger partial charge in [0.1, 0.15) is 18.1 Å². The first-order valence-corrected chi connectivity index (χ1v) is 11.3. The standard InChI is InChI=1S/C25H32N4O2/c1-3-24-27-21-9-5-6-10-22(21)29(24)18-25(30)26-17-23(28-15-7-4-8-16-28)19-11-13-20(31-2)14-12-19/h5-6,9-14,23H,3-4,7-8,15-18H2,1-2H3,(H,26,30)/t23-/m0/s1. The minimum atomic E-state index is 0.0216. The van der Waals surface area contributed by atoms with Gasteiger partial charge >= 0.3 is 0 Å². The zero-order valence-corrected chi connectivity index (χ0v) is 18.5. The van der Waals surface area contributed by atoms with E-state index in [1.165, 1.54) is 24.8 Å². The molecule has 1 saturated heterocycles. The van der Waals surface area contributed by atoms with Gasteiger partial charge in [-0.3, -0.25) is 9.69 Å². The number of carbonyl (C=O) groups is 1. The fraction of sp³-hybridized carbons (Fsp3) is 0.440. The molecular formula is C25H32N4O2. The Morgan fingerprint density at radius 2 is 1.84 bits per heavy atom. The van der Waals surface area contributed by atoms with Gasteiger partial charge in [0.15, 0.2) is 0 Å². The number of methoxy groups -OCH3 is 1. The molecule has 3 aromatic rings. The van der Waals surface area contributed by atoms with Gasteiger partial charge in [-0.05, 0) is 55.8 Å². The summed E-state index contributed by atoms with van der Waals surface area (Å²) in [5.41, 5.74) is 3.17. The van der Waals surface area contributed by atoms with Crippen molar-refractivity contribution in [1.29, 1.82) is 0 Å². The summed E-state index contributed by atoms with van der Waals surface area (Å²) in [5.74, 6) is 1.82. The summed E-state index contributed by atoms with van der Waals surface area (Å²) >= 11 is 0. The zero-order chi connectivity index (χ0) is 21.6. The van der Waals surface area contributed by atoms with E-state index >= 15 is 0 Å². The van der Waals surface area contributed by atoms with E-state index in [0.29, 0.717) is 13.1 Å². The zero-order valence-electron chi connectivity index (χ0n) is 18.5. The Morgan fingerprint density at radius 3 is 2.55 bits per heavy atom. The first kappa shape index (κ1) is 21.4. The molecule has 4 rings (SSSR count). The molecule has 1 aliphatic rings. The number of nitrogens with one attached hydrogen (secondary N) is 1.